The van der Waals surface area contributed by atoms with E-state index in [2.05, 4.69) is 42.2 Å². The van der Waals surface area contributed by atoms with E-state index < -0.39 is 0 Å². The van der Waals surface area contributed by atoms with Crippen LogP contribution in [0.4, 0.5) is 0 Å². The standard InChI is InChI=1S/C19H25NO/c1-15-6-11-21-19(14-15)7-9-20(10-8-19)18-12-16-4-2-3-5-17(16)13-18/h2-5,14,18H,6-13H2,1H3. The van der Waals surface area contributed by atoms with Crippen LogP contribution >= 0.6 is 0 Å². The molecule has 4 rings (SSSR count). The molecule has 0 saturated carbocycles. The van der Waals surface area contributed by atoms with Crippen molar-refractivity contribution >= 4 is 0 Å². The van der Waals surface area contributed by atoms with Gasteiger partial charge < -0.3 is 4.74 Å². The lowest BCUT2D eigenvalue weighted by atomic mass is 9.86. The van der Waals surface area contributed by atoms with Crippen molar-refractivity contribution in [1.82, 2.24) is 4.90 Å². The smallest absolute Gasteiger partial charge is 0.0889 e. The maximum Gasteiger partial charge on any atom is 0.0889 e. The highest BCUT2D eigenvalue weighted by Gasteiger charge is 2.38. The number of benzene rings is 1. The summed E-state index contributed by atoms with van der Waals surface area (Å²) >= 11 is 0. The Labute approximate surface area is 127 Å². The Morgan fingerprint density at radius 2 is 1.76 bits per heavy atom. The second-order valence-electron chi connectivity index (χ2n) is 7.02. The molecular formula is C19H25NO. The summed E-state index contributed by atoms with van der Waals surface area (Å²) in [6.45, 7) is 5.53. The van der Waals surface area contributed by atoms with Crippen molar-refractivity contribution in [2.45, 2.75) is 50.7 Å². The van der Waals surface area contributed by atoms with Crippen molar-refractivity contribution in [2.75, 3.05) is 19.7 Å². The van der Waals surface area contributed by atoms with Gasteiger partial charge in [-0.3, -0.25) is 4.90 Å². The van der Waals surface area contributed by atoms with Gasteiger partial charge in [-0.05, 0) is 50.2 Å². The van der Waals surface area contributed by atoms with Crippen LogP contribution < -0.4 is 0 Å². The van der Waals surface area contributed by atoms with Gasteiger partial charge in [-0.15, -0.1) is 0 Å². The molecule has 0 N–H and O–H groups in total. The van der Waals surface area contributed by atoms with Gasteiger partial charge in [0.2, 0.25) is 0 Å². The summed E-state index contributed by atoms with van der Waals surface area (Å²) in [5.41, 5.74) is 4.70. The zero-order chi connectivity index (χ0) is 14.3. The molecule has 1 aromatic carbocycles. The van der Waals surface area contributed by atoms with E-state index in [0.717, 1.165) is 25.9 Å². The van der Waals surface area contributed by atoms with E-state index in [4.69, 9.17) is 4.74 Å². The molecule has 2 heteroatoms. The minimum absolute atomic E-state index is 0.0598. The number of rotatable bonds is 1. The molecule has 2 nitrogen and oxygen atoms in total. The first kappa shape index (κ1) is 13.5. The molecular weight excluding hydrogens is 258 g/mol. The molecule has 0 aromatic heterocycles. The Balaban J connectivity index is 1.42. The number of likely N-dealkylation sites (tertiary alicyclic amines) is 1. The Morgan fingerprint density at radius 3 is 2.38 bits per heavy atom. The monoisotopic (exact) mass is 283 g/mol. The fraction of sp³-hybridized carbons (Fsp3) is 0.579. The largest absolute Gasteiger partial charge is 0.370 e. The fourth-order valence-electron chi connectivity index (χ4n) is 4.33. The van der Waals surface area contributed by atoms with E-state index in [0.29, 0.717) is 6.04 Å². The molecule has 0 radical (unpaired) electrons. The molecule has 1 fully saturated rings. The Bertz CT molecular complexity index is 529. The average Bonchev–Trinajstić information content (AvgIpc) is 2.91. The topological polar surface area (TPSA) is 12.5 Å². The molecule has 21 heavy (non-hydrogen) atoms. The van der Waals surface area contributed by atoms with Gasteiger partial charge in [0.25, 0.3) is 0 Å². The Morgan fingerprint density at radius 1 is 1.10 bits per heavy atom. The molecule has 2 heterocycles. The minimum Gasteiger partial charge on any atom is -0.370 e. The molecule has 1 aromatic rings. The molecule has 0 unspecified atom stereocenters. The van der Waals surface area contributed by atoms with E-state index in [1.807, 2.05) is 0 Å². The number of hydrogen-bond acceptors (Lipinski definition) is 2. The van der Waals surface area contributed by atoms with Gasteiger partial charge in [0.05, 0.1) is 12.2 Å². The van der Waals surface area contributed by atoms with Crippen LogP contribution in [0.5, 0.6) is 0 Å². The van der Waals surface area contributed by atoms with Crippen LogP contribution in [0.25, 0.3) is 0 Å². The van der Waals surface area contributed by atoms with Crippen LogP contribution in [0.3, 0.4) is 0 Å². The van der Waals surface area contributed by atoms with Crippen molar-refractivity contribution < 1.29 is 4.74 Å². The van der Waals surface area contributed by atoms with E-state index in [-0.39, 0.29) is 5.60 Å². The number of piperidine rings is 1. The lowest BCUT2D eigenvalue weighted by Crippen LogP contribution is -2.50. The van der Waals surface area contributed by atoms with E-state index in [1.54, 1.807) is 11.1 Å². The second kappa shape index (κ2) is 5.26. The van der Waals surface area contributed by atoms with Crippen LogP contribution in [0.2, 0.25) is 0 Å². The zero-order valence-corrected chi connectivity index (χ0v) is 13.0. The Hall–Kier alpha value is -1.12. The molecule has 3 aliphatic rings. The van der Waals surface area contributed by atoms with Crippen molar-refractivity contribution in [2.24, 2.45) is 0 Å². The van der Waals surface area contributed by atoms with E-state index in [9.17, 15) is 0 Å². The highest BCUT2D eigenvalue weighted by atomic mass is 16.5. The third-order valence-corrected chi connectivity index (χ3v) is 5.59. The predicted octanol–water partition coefficient (Wildman–Crippen LogP) is 3.36. The van der Waals surface area contributed by atoms with Crippen LogP contribution in [0.15, 0.2) is 35.9 Å². The van der Waals surface area contributed by atoms with Crippen LogP contribution in [-0.2, 0) is 17.6 Å². The van der Waals surface area contributed by atoms with Crippen molar-refractivity contribution in [3.63, 3.8) is 0 Å². The molecule has 1 saturated heterocycles. The molecule has 1 spiro atoms. The zero-order valence-electron chi connectivity index (χ0n) is 13.0. The number of hydrogen-bond donors (Lipinski definition) is 0. The lowest BCUT2D eigenvalue weighted by molar-refractivity contribution is -0.0620. The second-order valence-corrected chi connectivity index (χ2v) is 7.02. The third-order valence-electron chi connectivity index (χ3n) is 5.59. The summed E-state index contributed by atoms with van der Waals surface area (Å²) in [4.78, 5) is 2.70. The molecule has 2 aliphatic heterocycles. The number of fused-ring (bicyclic) bond motifs is 1. The first-order valence-corrected chi connectivity index (χ1v) is 8.37. The molecule has 1 aliphatic carbocycles. The first-order chi connectivity index (χ1) is 10.2. The average molecular weight is 283 g/mol. The fourth-order valence-corrected chi connectivity index (χ4v) is 4.33. The quantitative estimate of drug-likeness (QED) is 0.733. The summed E-state index contributed by atoms with van der Waals surface area (Å²) in [6, 6.07) is 9.67. The molecule has 0 atom stereocenters. The van der Waals surface area contributed by atoms with Crippen LogP contribution in [0, 0.1) is 0 Å². The summed E-state index contributed by atoms with van der Waals surface area (Å²) in [5.74, 6) is 0. The molecule has 112 valence electrons. The van der Waals surface area contributed by atoms with E-state index >= 15 is 0 Å². The van der Waals surface area contributed by atoms with Gasteiger partial charge in [-0.25, -0.2) is 0 Å². The highest BCUT2D eigenvalue weighted by Crippen LogP contribution is 2.35. The van der Waals surface area contributed by atoms with E-state index in [1.165, 1.54) is 31.5 Å². The van der Waals surface area contributed by atoms with Gasteiger partial charge in [-0.1, -0.05) is 35.9 Å². The summed E-state index contributed by atoms with van der Waals surface area (Å²) < 4.78 is 6.15. The predicted molar refractivity (Wildman–Crippen MR) is 85.5 cm³/mol. The van der Waals surface area contributed by atoms with Gasteiger partial charge in [-0.2, -0.15) is 0 Å². The van der Waals surface area contributed by atoms with Gasteiger partial charge in [0.1, 0.15) is 0 Å². The van der Waals surface area contributed by atoms with Gasteiger partial charge in [0.15, 0.2) is 0 Å². The van der Waals surface area contributed by atoms with Gasteiger partial charge in [0, 0.05) is 19.1 Å². The van der Waals surface area contributed by atoms with Crippen molar-refractivity contribution in [3.05, 3.63) is 47.0 Å². The van der Waals surface area contributed by atoms with Crippen molar-refractivity contribution in [3.8, 4) is 0 Å². The SMILES string of the molecule is CC1=CC2(CCN(C3Cc4ccccc4C3)CC2)OCC1. The van der Waals surface area contributed by atoms with Crippen LogP contribution in [0.1, 0.15) is 37.3 Å². The summed E-state index contributed by atoms with van der Waals surface area (Å²) in [7, 11) is 0. The van der Waals surface area contributed by atoms with Crippen molar-refractivity contribution in [1.29, 1.82) is 0 Å². The lowest BCUT2D eigenvalue weighted by Gasteiger charge is -2.44. The normalized spacial score (nSPS) is 25.9. The summed E-state index contributed by atoms with van der Waals surface area (Å²) in [5, 5.41) is 0. The molecule has 0 amide bonds. The first-order valence-electron chi connectivity index (χ1n) is 8.37. The Kier molecular flexibility index (Phi) is 3.39. The maximum absolute atomic E-state index is 6.15. The number of nitrogens with zero attached hydrogens (tertiary/aromatic N) is 1. The molecule has 0 bridgehead atoms. The highest BCUT2D eigenvalue weighted by molar-refractivity contribution is 5.33. The third kappa shape index (κ3) is 2.56. The maximum atomic E-state index is 6.15. The van der Waals surface area contributed by atoms with Gasteiger partial charge >= 0.3 is 0 Å². The van der Waals surface area contributed by atoms with Crippen LogP contribution in [-0.4, -0.2) is 36.2 Å². The minimum atomic E-state index is 0.0598. The summed E-state index contributed by atoms with van der Waals surface area (Å²) in [6.07, 6.45) is 8.33. The number of ether oxygens (including phenoxy) is 1.